The Bertz CT molecular complexity index is 1440. The van der Waals surface area contributed by atoms with Crippen molar-refractivity contribution in [2.75, 3.05) is 13.1 Å². The molecule has 4 rings (SSSR count). The second-order valence-electron chi connectivity index (χ2n) is 9.56. The maximum Gasteiger partial charge on any atom is 0.435 e. The fourth-order valence-electron chi connectivity index (χ4n) is 4.62. The zero-order chi connectivity index (χ0) is 31.4. The van der Waals surface area contributed by atoms with Gasteiger partial charge in [-0.1, -0.05) is 16.8 Å². The minimum Gasteiger partial charge on any atom is -0.374 e. The van der Waals surface area contributed by atoms with E-state index in [1.165, 1.54) is 13.0 Å². The van der Waals surface area contributed by atoms with Crippen molar-refractivity contribution in [1.29, 1.82) is 0 Å². The van der Waals surface area contributed by atoms with E-state index in [4.69, 9.17) is 11.6 Å². The van der Waals surface area contributed by atoms with E-state index in [1.807, 2.05) is 0 Å². The number of nitrogens with zero attached hydrogens (tertiary/aromatic N) is 2. The quantitative estimate of drug-likeness (QED) is 0.364. The third kappa shape index (κ3) is 6.02. The Morgan fingerprint density at radius 2 is 1.81 bits per heavy atom. The van der Waals surface area contributed by atoms with Crippen molar-refractivity contribution in [2.45, 2.75) is 56.4 Å². The summed E-state index contributed by atoms with van der Waals surface area (Å²) in [7, 11) is 0. The summed E-state index contributed by atoms with van der Waals surface area (Å²) in [6.45, 7) is -0.181. The molecule has 2 aromatic rings. The molecule has 42 heavy (non-hydrogen) atoms. The summed E-state index contributed by atoms with van der Waals surface area (Å²) >= 11 is 6.13. The number of thiophene rings is 1. The summed E-state index contributed by atoms with van der Waals surface area (Å²) in [6, 6.07) is 0.107. The molecule has 0 saturated carbocycles. The second-order valence-corrected chi connectivity index (χ2v) is 11.0. The second kappa shape index (κ2) is 10.9. The molecule has 6 nitrogen and oxygen atoms in total. The molecule has 2 atom stereocenters. The van der Waals surface area contributed by atoms with E-state index in [1.54, 1.807) is 5.32 Å². The van der Waals surface area contributed by atoms with Crippen LogP contribution in [0.15, 0.2) is 23.4 Å². The Hall–Kier alpha value is -3.08. The number of benzene rings is 1. The summed E-state index contributed by atoms with van der Waals surface area (Å²) in [6.07, 6.45) is -16.2. The lowest BCUT2D eigenvalue weighted by Crippen LogP contribution is -2.47. The topological polar surface area (TPSA) is 71.0 Å². The molecule has 0 radical (unpaired) electrons. The van der Waals surface area contributed by atoms with Gasteiger partial charge in [-0.3, -0.25) is 9.59 Å². The van der Waals surface area contributed by atoms with Crippen LogP contribution in [0.3, 0.4) is 0 Å². The Balaban J connectivity index is 1.63. The molecule has 1 saturated heterocycles. The fraction of sp³-hybridized carbons (Fsp3) is 0.458. The summed E-state index contributed by atoms with van der Waals surface area (Å²) in [5.74, 6) is -3.59. The van der Waals surface area contributed by atoms with Crippen molar-refractivity contribution in [3.05, 3.63) is 55.5 Å². The van der Waals surface area contributed by atoms with Crippen LogP contribution < -0.4 is 5.32 Å². The number of hydrogen-bond acceptors (Lipinski definition) is 5. The predicted octanol–water partition coefficient (Wildman–Crippen LogP) is 6.73. The highest BCUT2D eigenvalue weighted by molar-refractivity contribution is 7.16. The maximum absolute atomic E-state index is 14.8. The van der Waals surface area contributed by atoms with Crippen molar-refractivity contribution in [3.8, 4) is 0 Å². The first-order chi connectivity index (χ1) is 19.2. The first kappa shape index (κ1) is 31.8. The van der Waals surface area contributed by atoms with Gasteiger partial charge in [0.05, 0.1) is 26.8 Å². The number of carbonyl (C=O) groups excluding carboxylic acids is 2. The highest BCUT2D eigenvalue weighted by atomic mass is 35.5. The molecule has 18 heteroatoms. The van der Waals surface area contributed by atoms with Crippen LogP contribution in [0.2, 0.25) is 5.02 Å². The van der Waals surface area contributed by atoms with Gasteiger partial charge in [-0.05, 0) is 43.5 Å². The molecule has 1 aromatic heterocycles. The van der Waals surface area contributed by atoms with Gasteiger partial charge in [-0.25, -0.2) is 4.39 Å². The number of oxime groups is 1. The Morgan fingerprint density at radius 3 is 2.40 bits per heavy atom. The van der Waals surface area contributed by atoms with Crippen LogP contribution in [0.4, 0.5) is 43.9 Å². The van der Waals surface area contributed by atoms with Gasteiger partial charge in [0.1, 0.15) is 24.1 Å². The van der Waals surface area contributed by atoms with Gasteiger partial charge in [0, 0.05) is 12.1 Å². The number of carbonyl (C=O) groups is 2. The first-order valence-corrected chi connectivity index (χ1v) is 13.1. The number of nitrogens with one attached hydrogen (secondary N) is 1. The van der Waals surface area contributed by atoms with Gasteiger partial charge in [0.2, 0.25) is 5.91 Å². The molecular weight excluding hydrogens is 636 g/mol. The number of hydrogen-bond donors (Lipinski definition) is 1. The van der Waals surface area contributed by atoms with E-state index in [9.17, 15) is 53.5 Å². The molecule has 2 aliphatic heterocycles. The lowest BCUT2D eigenvalue weighted by molar-refractivity contribution is -0.276. The Morgan fingerprint density at radius 1 is 1.14 bits per heavy atom. The number of halogens is 11. The van der Waals surface area contributed by atoms with E-state index in [-0.39, 0.29) is 40.4 Å². The zero-order valence-electron chi connectivity index (χ0n) is 21.0. The lowest BCUT2D eigenvalue weighted by atomic mass is 9.86. The smallest absolute Gasteiger partial charge is 0.374 e. The number of amides is 2. The molecular formula is C24H18ClF10N3O3S. The SMILES string of the molecule is Cc1cc(C2=NOC(c3cc(C(F)(F)F)cc(Cl)c3F)(C(F)(F)F)C2)sc1C(=O)N1CCC[C@@H]1C(=O)NCC(F)(F)F. The highest BCUT2D eigenvalue weighted by Crippen LogP contribution is 2.51. The largest absolute Gasteiger partial charge is 0.435 e. The number of rotatable bonds is 5. The van der Waals surface area contributed by atoms with Crippen molar-refractivity contribution in [1.82, 2.24) is 10.2 Å². The van der Waals surface area contributed by atoms with Gasteiger partial charge in [0.25, 0.3) is 11.5 Å². The molecule has 2 amide bonds. The van der Waals surface area contributed by atoms with Gasteiger partial charge in [-0.15, -0.1) is 11.3 Å². The van der Waals surface area contributed by atoms with Crippen LogP contribution in [0.5, 0.6) is 0 Å². The van der Waals surface area contributed by atoms with E-state index in [0.717, 1.165) is 4.90 Å². The van der Waals surface area contributed by atoms with Crippen molar-refractivity contribution in [2.24, 2.45) is 5.16 Å². The molecule has 1 aromatic carbocycles. The van der Waals surface area contributed by atoms with E-state index in [0.29, 0.717) is 17.8 Å². The maximum atomic E-state index is 14.8. The van der Waals surface area contributed by atoms with Crippen molar-refractivity contribution >= 4 is 40.5 Å². The average molecular weight is 654 g/mol. The first-order valence-electron chi connectivity index (χ1n) is 11.9. The molecule has 0 spiro atoms. The van der Waals surface area contributed by atoms with E-state index < -0.39 is 82.6 Å². The summed E-state index contributed by atoms with van der Waals surface area (Å²) in [4.78, 5) is 31.1. The normalized spacial score (nSPS) is 21.4. The summed E-state index contributed by atoms with van der Waals surface area (Å²) in [5.41, 5.74) is -7.13. The van der Waals surface area contributed by atoms with Crippen LogP contribution in [0.1, 0.15) is 50.5 Å². The molecule has 230 valence electrons. The minimum atomic E-state index is -5.48. The highest BCUT2D eigenvalue weighted by Gasteiger charge is 2.64. The van der Waals surface area contributed by atoms with E-state index >= 15 is 0 Å². The Labute approximate surface area is 239 Å². The van der Waals surface area contributed by atoms with Gasteiger partial charge < -0.3 is 15.1 Å². The number of alkyl halides is 9. The minimum absolute atomic E-state index is 0.0203. The zero-order valence-corrected chi connectivity index (χ0v) is 22.6. The standard InChI is InChI=1S/C24H18ClF10N3O3S/c1-10-5-16(42-18(10)20(40)38-4-2-3-15(38)19(39)36-9-22(27,28)29)14-8-21(41-37-14,24(33,34)35)12-6-11(23(30,31)32)7-13(25)17(12)26/h5-7,15H,2-4,8-9H2,1H3,(H,36,39)/t15-,21?/m1/s1. The van der Waals surface area contributed by atoms with Crippen LogP contribution in [0.25, 0.3) is 0 Å². The molecule has 3 heterocycles. The van der Waals surface area contributed by atoms with Crippen LogP contribution in [-0.2, 0) is 21.4 Å². The van der Waals surface area contributed by atoms with Gasteiger partial charge in [0.15, 0.2) is 0 Å². The average Bonchev–Trinajstić information content (AvgIpc) is 3.60. The Kier molecular flexibility index (Phi) is 8.25. The summed E-state index contributed by atoms with van der Waals surface area (Å²) in [5, 5.41) is 3.88. The molecule has 2 aliphatic rings. The third-order valence-corrected chi connectivity index (χ3v) is 8.20. The molecule has 1 fully saturated rings. The van der Waals surface area contributed by atoms with E-state index in [2.05, 4.69) is 9.99 Å². The molecule has 1 N–H and O–H groups in total. The van der Waals surface area contributed by atoms with Crippen molar-refractivity contribution in [3.63, 3.8) is 0 Å². The summed E-state index contributed by atoms with van der Waals surface area (Å²) < 4.78 is 135. The monoisotopic (exact) mass is 653 g/mol. The molecule has 1 unspecified atom stereocenters. The number of aryl methyl sites for hydroxylation is 1. The fourth-order valence-corrected chi connectivity index (χ4v) is 5.94. The van der Waals surface area contributed by atoms with Gasteiger partial charge in [-0.2, -0.15) is 39.5 Å². The van der Waals surface area contributed by atoms with Gasteiger partial charge >= 0.3 is 18.5 Å². The van der Waals surface area contributed by atoms with Crippen LogP contribution in [0, 0.1) is 12.7 Å². The van der Waals surface area contributed by atoms with Crippen LogP contribution in [-0.4, -0.2) is 53.9 Å². The number of likely N-dealkylation sites (tertiary alicyclic amines) is 1. The molecule has 0 bridgehead atoms. The van der Waals surface area contributed by atoms with Crippen molar-refractivity contribution < 1.29 is 58.3 Å². The third-order valence-electron chi connectivity index (χ3n) is 6.65. The lowest BCUT2D eigenvalue weighted by Gasteiger charge is -2.30. The molecule has 0 aliphatic carbocycles. The predicted molar refractivity (Wildman–Crippen MR) is 129 cm³/mol. The van der Waals surface area contributed by atoms with Crippen LogP contribution >= 0.6 is 22.9 Å².